The molecule has 8 nitrogen and oxygen atoms in total. The second-order valence-corrected chi connectivity index (χ2v) is 10.1. The molecule has 0 saturated heterocycles. The Balaban J connectivity index is 1.19. The maximum absolute atomic E-state index is 14.2. The molecule has 3 aromatic rings. The fourth-order valence-corrected chi connectivity index (χ4v) is 5.36. The number of amides is 2. The summed E-state index contributed by atoms with van der Waals surface area (Å²) < 4.78 is 34.7. The van der Waals surface area contributed by atoms with Crippen LogP contribution in [0.2, 0.25) is 0 Å². The van der Waals surface area contributed by atoms with Crippen LogP contribution in [0, 0.1) is 18.6 Å². The normalized spacial score (nSPS) is 20.0. The molecule has 0 bridgehead atoms. The van der Waals surface area contributed by atoms with E-state index >= 15 is 0 Å². The summed E-state index contributed by atoms with van der Waals surface area (Å²) in [5, 5.41) is 8.05. The molecule has 2 aliphatic rings. The molecule has 0 radical (unpaired) electrons. The zero-order chi connectivity index (χ0) is 24.7. The van der Waals surface area contributed by atoms with Gasteiger partial charge in [0.1, 0.15) is 22.6 Å². The fraction of sp³-hybridized carbons (Fsp3) is 0.417. The monoisotopic (exact) mass is 501 g/mol. The van der Waals surface area contributed by atoms with Crippen molar-refractivity contribution in [3.63, 3.8) is 0 Å². The predicted octanol–water partition coefficient (Wildman–Crippen LogP) is 4.01. The number of nitrogens with two attached hydrogens (primary N) is 1. The standard InChI is InChI=1S/C24H25F2N5O3S/c1-12-17(11-28-31(12)19-9-4-14(25)10-18(19)26)22(33)29-15-5-7-16(8-6-15)34-23-20(21(27)32)35-24(30-23)13-2-3-13/h4,9-11,13,15-16H,2-3,5-8H2,1H3,(H2,27,32)(H,29,33). The van der Waals surface area contributed by atoms with Gasteiger partial charge in [-0.25, -0.2) is 18.4 Å². The van der Waals surface area contributed by atoms with Crippen molar-refractivity contribution in [3.8, 4) is 11.6 Å². The topological polar surface area (TPSA) is 112 Å². The van der Waals surface area contributed by atoms with Gasteiger partial charge < -0.3 is 15.8 Å². The molecule has 0 unspecified atom stereocenters. The van der Waals surface area contributed by atoms with Crippen LogP contribution in [0.15, 0.2) is 24.4 Å². The van der Waals surface area contributed by atoms with Crippen LogP contribution in [0.5, 0.6) is 5.88 Å². The number of thiazole rings is 1. The van der Waals surface area contributed by atoms with Gasteiger partial charge in [0, 0.05) is 18.0 Å². The molecular weight excluding hydrogens is 476 g/mol. The minimum atomic E-state index is -0.759. The highest BCUT2D eigenvalue weighted by Crippen LogP contribution is 2.44. The first kappa shape index (κ1) is 23.4. The average Bonchev–Trinajstić information content (AvgIpc) is 3.47. The van der Waals surface area contributed by atoms with Gasteiger partial charge >= 0.3 is 0 Å². The van der Waals surface area contributed by atoms with Crippen LogP contribution in [0.3, 0.4) is 0 Å². The maximum atomic E-state index is 14.2. The molecule has 0 spiro atoms. The van der Waals surface area contributed by atoms with E-state index in [2.05, 4.69) is 15.4 Å². The third kappa shape index (κ3) is 4.90. The molecule has 2 saturated carbocycles. The zero-order valence-corrected chi connectivity index (χ0v) is 19.9. The van der Waals surface area contributed by atoms with E-state index in [-0.39, 0.29) is 23.7 Å². The van der Waals surface area contributed by atoms with Crippen LogP contribution in [0.4, 0.5) is 8.78 Å². The molecule has 35 heavy (non-hydrogen) atoms. The number of primary amides is 1. The Hall–Kier alpha value is -3.34. The Bertz CT molecular complexity index is 1280. The van der Waals surface area contributed by atoms with Crippen molar-refractivity contribution in [3.05, 3.63) is 57.2 Å². The number of carbonyl (C=O) groups excluding carboxylic acids is 2. The molecule has 0 atom stereocenters. The number of nitrogens with one attached hydrogen (secondary N) is 1. The zero-order valence-electron chi connectivity index (χ0n) is 19.1. The van der Waals surface area contributed by atoms with Crippen LogP contribution in [0.1, 0.15) is 75.2 Å². The lowest BCUT2D eigenvalue weighted by Crippen LogP contribution is -2.40. The third-order valence-electron chi connectivity index (χ3n) is 6.44. The number of carbonyl (C=O) groups is 2. The summed E-state index contributed by atoms with van der Waals surface area (Å²) in [6, 6.07) is 3.15. The van der Waals surface area contributed by atoms with E-state index < -0.39 is 17.5 Å². The van der Waals surface area contributed by atoms with Gasteiger partial charge in [-0.1, -0.05) is 0 Å². The second-order valence-electron chi connectivity index (χ2n) is 9.04. The molecule has 184 valence electrons. The number of rotatable bonds is 7. The van der Waals surface area contributed by atoms with Gasteiger partial charge in [-0.3, -0.25) is 9.59 Å². The van der Waals surface area contributed by atoms with E-state index in [4.69, 9.17) is 10.5 Å². The molecule has 3 N–H and O–H groups in total. The van der Waals surface area contributed by atoms with Gasteiger partial charge in [0.2, 0.25) is 5.88 Å². The highest BCUT2D eigenvalue weighted by Gasteiger charge is 2.32. The predicted molar refractivity (Wildman–Crippen MR) is 125 cm³/mol. The van der Waals surface area contributed by atoms with E-state index in [0.29, 0.717) is 53.6 Å². The van der Waals surface area contributed by atoms with Crippen molar-refractivity contribution >= 4 is 23.2 Å². The van der Waals surface area contributed by atoms with Crippen molar-refractivity contribution in [1.29, 1.82) is 0 Å². The highest BCUT2D eigenvalue weighted by molar-refractivity contribution is 7.14. The third-order valence-corrected chi connectivity index (χ3v) is 7.66. The number of benzene rings is 1. The summed E-state index contributed by atoms with van der Waals surface area (Å²) >= 11 is 1.32. The Morgan fingerprint density at radius 1 is 1.17 bits per heavy atom. The number of hydrogen-bond acceptors (Lipinski definition) is 6. The molecule has 2 amide bonds. The molecule has 2 aliphatic carbocycles. The fourth-order valence-electron chi connectivity index (χ4n) is 4.34. The van der Waals surface area contributed by atoms with Crippen molar-refractivity contribution in [2.75, 3.05) is 0 Å². The SMILES string of the molecule is Cc1c(C(=O)NC2CCC(Oc3nc(C4CC4)sc3C(N)=O)CC2)cnn1-c1ccc(F)cc1F. The summed E-state index contributed by atoms with van der Waals surface area (Å²) in [5.41, 5.74) is 6.37. The quantitative estimate of drug-likeness (QED) is 0.508. The average molecular weight is 502 g/mol. The van der Waals surface area contributed by atoms with Gasteiger partial charge in [0.25, 0.3) is 11.8 Å². The second kappa shape index (κ2) is 9.37. The van der Waals surface area contributed by atoms with E-state index in [0.717, 1.165) is 30.0 Å². The van der Waals surface area contributed by atoms with Crippen LogP contribution < -0.4 is 15.8 Å². The van der Waals surface area contributed by atoms with Crippen molar-refractivity contribution in [2.24, 2.45) is 5.73 Å². The van der Waals surface area contributed by atoms with Gasteiger partial charge in [-0.2, -0.15) is 5.10 Å². The van der Waals surface area contributed by atoms with Crippen LogP contribution >= 0.6 is 11.3 Å². The first-order valence-corrected chi connectivity index (χ1v) is 12.4. The van der Waals surface area contributed by atoms with Gasteiger partial charge in [0.15, 0.2) is 10.7 Å². The molecule has 0 aliphatic heterocycles. The number of aromatic nitrogens is 3. The lowest BCUT2D eigenvalue weighted by Gasteiger charge is -2.29. The molecule has 2 fully saturated rings. The number of hydrogen-bond donors (Lipinski definition) is 2. The maximum Gasteiger partial charge on any atom is 0.264 e. The van der Waals surface area contributed by atoms with E-state index in [1.54, 1.807) is 6.92 Å². The van der Waals surface area contributed by atoms with Crippen molar-refractivity contribution < 1.29 is 23.1 Å². The number of halogens is 2. The largest absolute Gasteiger partial charge is 0.473 e. The van der Waals surface area contributed by atoms with Crippen LogP contribution in [-0.4, -0.2) is 38.7 Å². The molecule has 1 aromatic carbocycles. The Morgan fingerprint density at radius 3 is 2.57 bits per heavy atom. The summed E-state index contributed by atoms with van der Waals surface area (Å²) in [6.45, 7) is 1.66. The van der Waals surface area contributed by atoms with Gasteiger partial charge in [-0.05, 0) is 57.6 Å². The van der Waals surface area contributed by atoms with Crippen molar-refractivity contribution in [1.82, 2.24) is 20.1 Å². The molecule has 5 rings (SSSR count). The number of nitrogens with zero attached hydrogens (tertiary/aromatic N) is 3. The lowest BCUT2D eigenvalue weighted by molar-refractivity contribution is 0.0882. The summed E-state index contributed by atoms with van der Waals surface area (Å²) in [5.74, 6) is -1.53. The van der Waals surface area contributed by atoms with E-state index in [1.807, 2.05) is 0 Å². The van der Waals surface area contributed by atoms with E-state index in [1.165, 1.54) is 28.3 Å². The minimum absolute atomic E-state index is 0.0549. The van der Waals surface area contributed by atoms with Crippen LogP contribution in [0.25, 0.3) is 5.69 Å². The Kier molecular flexibility index (Phi) is 6.26. The Morgan fingerprint density at radius 2 is 1.91 bits per heavy atom. The molecular formula is C24H25F2N5O3S. The van der Waals surface area contributed by atoms with Crippen LogP contribution in [-0.2, 0) is 0 Å². The number of ether oxygens (including phenoxy) is 1. The minimum Gasteiger partial charge on any atom is -0.473 e. The van der Waals surface area contributed by atoms with E-state index in [9.17, 15) is 18.4 Å². The van der Waals surface area contributed by atoms with Gasteiger partial charge in [0.05, 0.1) is 17.5 Å². The molecule has 2 heterocycles. The summed E-state index contributed by atoms with van der Waals surface area (Å²) in [7, 11) is 0. The highest BCUT2D eigenvalue weighted by atomic mass is 32.1. The summed E-state index contributed by atoms with van der Waals surface area (Å²) in [6.07, 6.45) is 6.20. The first-order chi connectivity index (χ1) is 16.8. The summed E-state index contributed by atoms with van der Waals surface area (Å²) in [4.78, 5) is 29.6. The lowest BCUT2D eigenvalue weighted by atomic mass is 9.92. The first-order valence-electron chi connectivity index (χ1n) is 11.6. The van der Waals surface area contributed by atoms with Gasteiger partial charge in [-0.15, -0.1) is 11.3 Å². The smallest absolute Gasteiger partial charge is 0.264 e. The molecule has 11 heteroatoms. The molecule has 2 aromatic heterocycles. The van der Waals surface area contributed by atoms with Crippen molar-refractivity contribution in [2.45, 2.75) is 63.5 Å². The Labute approximate surface area is 204 Å².